The summed E-state index contributed by atoms with van der Waals surface area (Å²) < 4.78 is 0. The highest BCUT2D eigenvalue weighted by atomic mass is 15.1. The van der Waals surface area contributed by atoms with Crippen LogP contribution in [0.2, 0.25) is 0 Å². The first-order valence-electron chi connectivity index (χ1n) is 5.03. The summed E-state index contributed by atoms with van der Waals surface area (Å²) in [6.45, 7) is 10.4. The van der Waals surface area contributed by atoms with Crippen LogP contribution in [0.1, 0.15) is 39.2 Å². The van der Waals surface area contributed by atoms with Gasteiger partial charge in [-0.15, -0.1) is 0 Å². The van der Waals surface area contributed by atoms with Crippen LogP contribution < -0.4 is 5.32 Å². The molecule has 0 amide bonds. The van der Waals surface area contributed by atoms with Gasteiger partial charge in [-0.25, -0.2) is 9.97 Å². The third kappa shape index (κ3) is 3.32. The van der Waals surface area contributed by atoms with Gasteiger partial charge in [-0.2, -0.15) is 0 Å². The van der Waals surface area contributed by atoms with Crippen molar-refractivity contribution < 1.29 is 0 Å². The van der Waals surface area contributed by atoms with Gasteiger partial charge in [0.25, 0.3) is 0 Å². The van der Waals surface area contributed by atoms with Crippen molar-refractivity contribution in [1.82, 2.24) is 9.97 Å². The van der Waals surface area contributed by atoms with E-state index in [0.717, 1.165) is 23.8 Å². The van der Waals surface area contributed by atoms with E-state index < -0.39 is 0 Å². The SMILES string of the molecule is CCc1nc(C)cc(NC(C)(C)C)n1. The number of hydrogen-bond donors (Lipinski definition) is 1. The van der Waals surface area contributed by atoms with Crippen LogP contribution in [-0.2, 0) is 6.42 Å². The summed E-state index contributed by atoms with van der Waals surface area (Å²) >= 11 is 0. The molecule has 3 nitrogen and oxygen atoms in total. The molecule has 0 aromatic carbocycles. The first-order valence-corrected chi connectivity index (χ1v) is 5.03. The topological polar surface area (TPSA) is 37.8 Å². The Balaban J connectivity index is 2.92. The molecule has 0 saturated carbocycles. The minimum Gasteiger partial charge on any atom is -0.365 e. The zero-order chi connectivity index (χ0) is 10.8. The second kappa shape index (κ2) is 3.95. The van der Waals surface area contributed by atoms with Gasteiger partial charge in [0.15, 0.2) is 0 Å². The van der Waals surface area contributed by atoms with E-state index in [1.807, 2.05) is 13.0 Å². The standard InChI is InChI=1S/C11H19N3/c1-6-9-12-8(2)7-10(13-9)14-11(3,4)5/h7H,6H2,1-5H3,(H,12,13,14). The van der Waals surface area contributed by atoms with E-state index >= 15 is 0 Å². The van der Waals surface area contributed by atoms with Gasteiger partial charge in [0.2, 0.25) is 0 Å². The number of nitrogens with one attached hydrogen (secondary N) is 1. The van der Waals surface area contributed by atoms with Gasteiger partial charge in [-0.05, 0) is 27.7 Å². The van der Waals surface area contributed by atoms with E-state index in [1.54, 1.807) is 0 Å². The number of nitrogens with zero attached hydrogens (tertiary/aromatic N) is 2. The van der Waals surface area contributed by atoms with Crippen molar-refractivity contribution in [2.75, 3.05) is 5.32 Å². The summed E-state index contributed by atoms with van der Waals surface area (Å²) in [5, 5.41) is 3.35. The highest BCUT2D eigenvalue weighted by Crippen LogP contribution is 2.13. The first-order chi connectivity index (χ1) is 6.40. The van der Waals surface area contributed by atoms with Gasteiger partial charge in [0.1, 0.15) is 11.6 Å². The Morgan fingerprint density at radius 3 is 2.43 bits per heavy atom. The lowest BCUT2D eigenvalue weighted by molar-refractivity contribution is 0.628. The molecule has 78 valence electrons. The lowest BCUT2D eigenvalue weighted by Crippen LogP contribution is -2.27. The summed E-state index contributed by atoms with van der Waals surface area (Å²) in [5.41, 5.74) is 1.06. The lowest BCUT2D eigenvalue weighted by Gasteiger charge is -2.21. The Hall–Kier alpha value is -1.12. The fraction of sp³-hybridized carbons (Fsp3) is 0.636. The lowest BCUT2D eigenvalue weighted by atomic mass is 10.1. The first kappa shape index (κ1) is 11.0. The Kier molecular flexibility index (Phi) is 3.09. The highest BCUT2D eigenvalue weighted by molar-refractivity contribution is 5.38. The molecule has 1 N–H and O–H groups in total. The Morgan fingerprint density at radius 1 is 1.29 bits per heavy atom. The number of aryl methyl sites for hydroxylation is 2. The van der Waals surface area contributed by atoms with Crippen LogP contribution >= 0.6 is 0 Å². The molecule has 1 aromatic heterocycles. The predicted octanol–water partition coefficient (Wildman–Crippen LogP) is 2.56. The molecule has 0 saturated heterocycles. The van der Waals surface area contributed by atoms with Crippen molar-refractivity contribution in [2.24, 2.45) is 0 Å². The molecule has 0 atom stereocenters. The van der Waals surface area contributed by atoms with Crippen LogP contribution in [-0.4, -0.2) is 15.5 Å². The number of hydrogen-bond acceptors (Lipinski definition) is 3. The molecular formula is C11H19N3. The van der Waals surface area contributed by atoms with E-state index in [-0.39, 0.29) is 5.54 Å². The highest BCUT2D eigenvalue weighted by Gasteiger charge is 2.10. The van der Waals surface area contributed by atoms with Crippen LogP contribution in [0.15, 0.2) is 6.07 Å². The molecule has 0 fully saturated rings. The van der Waals surface area contributed by atoms with Crippen molar-refractivity contribution >= 4 is 5.82 Å². The van der Waals surface area contributed by atoms with E-state index in [2.05, 4.69) is 43.0 Å². The summed E-state index contributed by atoms with van der Waals surface area (Å²) in [6, 6.07) is 1.98. The van der Waals surface area contributed by atoms with Gasteiger partial charge in [-0.1, -0.05) is 6.92 Å². The molecule has 0 aliphatic rings. The molecule has 0 aliphatic carbocycles. The molecule has 0 spiro atoms. The number of rotatable bonds is 2. The molecule has 14 heavy (non-hydrogen) atoms. The van der Waals surface area contributed by atoms with Crippen LogP contribution in [0.5, 0.6) is 0 Å². The molecule has 0 unspecified atom stereocenters. The smallest absolute Gasteiger partial charge is 0.130 e. The Bertz CT molecular complexity index is 313. The molecule has 1 heterocycles. The molecule has 1 aromatic rings. The monoisotopic (exact) mass is 193 g/mol. The van der Waals surface area contributed by atoms with Crippen LogP contribution in [0.25, 0.3) is 0 Å². The number of anilines is 1. The molecule has 0 aliphatic heterocycles. The minimum atomic E-state index is 0.0474. The van der Waals surface area contributed by atoms with Crippen molar-refractivity contribution in [2.45, 2.75) is 46.6 Å². The van der Waals surface area contributed by atoms with Gasteiger partial charge >= 0.3 is 0 Å². The second-order valence-corrected chi connectivity index (χ2v) is 4.54. The second-order valence-electron chi connectivity index (χ2n) is 4.54. The third-order valence-corrected chi connectivity index (χ3v) is 1.72. The van der Waals surface area contributed by atoms with Gasteiger partial charge < -0.3 is 5.32 Å². The van der Waals surface area contributed by atoms with Gasteiger partial charge in [0, 0.05) is 23.7 Å². The summed E-state index contributed by atoms with van der Waals surface area (Å²) in [4.78, 5) is 8.75. The largest absolute Gasteiger partial charge is 0.365 e. The normalized spacial score (nSPS) is 11.5. The van der Waals surface area contributed by atoms with Crippen molar-refractivity contribution in [3.63, 3.8) is 0 Å². The molecule has 3 heteroatoms. The van der Waals surface area contributed by atoms with E-state index in [4.69, 9.17) is 0 Å². The molecule has 1 rings (SSSR count). The molecule has 0 bridgehead atoms. The minimum absolute atomic E-state index is 0.0474. The third-order valence-electron chi connectivity index (χ3n) is 1.72. The number of aromatic nitrogens is 2. The molecule has 0 radical (unpaired) electrons. The maximum Gasteiger partial charge on any atom is 0.130 e. The molecular weight excluding hydrogens is 174 g/mol. The van der Waals surface area contributed by atoms with Crippen molar-refractivity contribution in [3.8, 4) is 0 Å². The fourth-order valence-electron chi connectivity index (χ4n) is 1.24. The average molecular weight is 193 g/mol. The quantitative estimate of drug-likeness (QED) is 0.784. The average Bonchev–Trinajstić information content (AvgIpc) is 1.99. The van der Waals surface area contributed by atoms with E-state index in [0.29, 0.717) is 0 Å². The van der Waals surface area contributed by atoms with Crippen molar-refractivity contribution in [3.05, 3.63) is 17.6 Å². The maximum absolute atomic E-state index is 4.42. The summed E-state index contributed by atoms with van der Waals surface area (Å²) in [6.07, 6.45) is 0.875. The zero-order valence-electron chi connectivity index (χ0n) is 9.68. The van der Waals surface area contributed by atoms with E-state index in [9.17, 15) is 0 Å². The summed E-state index contributed by atoms with van der Waals surface area (Å²) in [5.74, 6) is 1.82. The van der Waals surface area contributed by atoms with Crippen molar-refractivity contribution in [1.29, 1.82) is 0 Å². The van der Waals surface area contributed by atoms with E-state index in [1.165, 1.54) is 0 Å². The zero-order valence-corrected chi connectivity index (χ0v) is 9.68. The van der Waals surface area contributed by atoms with Crippen LogP contribution in [0.3, 0.4) is 0 Å². The van der Waals surface area contributed by atoms with Gasteiger partial charge in [-0.3, -0.25) is 0 Å². The summed E-state index contributed by atoms with van der Waals surface area (Å²) in [7, 11) is 0. The predicted molar refractivity (Wildman–Crippen MR) is 59.5 cm³/mol. The maximum atomic E-state index is 4.42. The van der Waals surface area contributed by atoms with Crippen LogP contribution in [0.4, 0.5) is 5.82 Å². The van der Waals surface area contributed by atoms with Gasteiger partial charge in [0.05, 0.1) is 0 Å². The van der Waals surface area contributed by atoms with Crippen LogP contribution in [0, 0.1) is 6.92 Å². The Labute approximate surface area is 86.0 Å². The Morgan fingerprint density at radius 2 is 1.93 bits per heavy atom. The fourth-order valence-corrected chi connectivity index (χ4v) is 1.24.